The van der Waals surface area contributed by atoms with E-state index in [2.05, 4.69) is 83.1 Å². The highest BCUT2D eigenvalue weighted by molar-refractivity contribution is 5.88. The summed E-state index contributed by atoms with van der Waals surface area (Å²) >= 11 is 0. The molecule has 0 fully saturated rings. The minimum Gasteiger partial charge on any atom is -0.361 e. The van der Waals surface area contributed by atoms with E-state index in [1.807, 2.05) is 6.20 Å². The highest BCUT2D eigenvalue weighted by atomic mass is 14.9. The van der Waals surface area contributed by atoms with Crippen LogP contribution in [-0.2, 0) is 0 Å². The summed E-state index contributed by atoms with van der Waals surface area (Å²) in [7, 11) is 0. The number of aromatic amines is 1. The lowest BCUT2D eigenvalue weighted by Gasteiger charge is -2.23. The Hall–Kier alpha value is -2.58. The maximum atomic E-state index is 3.60. The van der Waals surface area contributed by atoms with Gasteiger partial charge in [0.1, 0.15) is 0 Å². The number of nitrogens with one attached hydrogen (secondary N) is 2. The highest BCUT2D eigenvalue weighted by Crippen LogP contribution is 2.24. The monoisotopic (exact) mass is 314 g/mol. The molecule has 1 unspecified atom stereocenters. The molecule has 0 saturated heterocycles. The van der Waals surface area contributed by atoms with Crippen LogP contribution in [0.1, 0.15) is 24.0 Å². The van der Waals surface area contributed by atoms with Crippen molar-refractivity contribution in [1.29, 1.82) is 0 Å². The number of H-pyrrole nitrogens is 1. The number of fused-ring (bicyclic) bond motifs is 1. The van der Waals surface area contributed by atoms with Gasteiger partial charge in [0.05, 0.1) is 0 Å². The third-order valence-corrected chi connectivity index (χ3v) is 4.71. The summed E-state index contributed by atoms with van der Waals surface area (Å²) in [6.45, 7) is 0.954. The third kappa shape index (κ3) is 3.19. The van der Waals surface area contributed by atoms with Gasteiger partial charge in [-0.25, -0.2) is 0 Å². The molecule has 2 heteroatoms. The van der Waals surface area contributed by atoms with Crippen molar-refractivity contribution in [2.24, 2.45) is 0 Å². The van der Waals surface area contributed by atoms with E-state index in [9.17, 15) is 0 Å². The van der Waals surface area contributed by atoms with Crippen molar-refractivity contribution in [2.75, 3.05) is 6.54 Å². The Labute approximate surface area is 142 Å². The van der Waals surface area contributed by atoms with Crippen molar-refractivity contribution in [1.82, 2.24) is 10.3 Å². The smallest absolute Gasteiger partial charge is 0.0459 e. The van der Waals surface area contributed by atoms with Crippen LogP contribution >= 0.6 is 0 Å². The van der Waals surface area contributed by atoms with Crippen molar-refractivity contribution in [3.63, 3.8) is 0 Å². The Balaban J connectivity index is 1.43. The molecule has 4 rings (SSSR count). The van der Waals surface area contributed by atoms with Gasteiger partial charge in [0.25, 0.3) is 0 Å². The van der Waals surface area contributed by atoms with Gasteiger partial charge in [-0.1, -0.05) is 60.7 Å². The second-order valence-corrected chi connectivity index (χ2v) is 6.33. The first-order valence-electron chi connectivity index (χ1n) is 8.60. The van der Waals surface area contributed by atoms with Crippen LogP contribution in [-0.4, -0.2) is 17.6 Å². The molecule has 0 bridgehead atoms. The van der Waals surface area contributed by atoms with Gasteiger partial charge in [-0.05, 0) is 41.7 Å². The summed E-state index contributed by atoms with van der Waals surface area (Å²) in [6, 6.07) is 19.8. The van der Waals surface area contributed by atoms with Gasteiger partial charge in [0.2, 0.25) is 0 Å². The molecule has 24 heavy (non-hydrogen) atoms. The minimum absolute atomic E-state index is 0.506. The average molecular weight is 314 g/mol. The van der Waals surface area contributed by atoms with Crippen LogP contribution in [0.2, 0.25) is 0 Å². The van der Waals surface area contributed by atoms with Gasteiger partial charge in [-0.3, -0.25) is 0 Å². The van der Waals surface area contributed by atoms with Crippen molar-refractivity contribution in [2.45, 2.75) is 18.9 Å². The Bertz CT molecular complexity index is 871. The van der Waals surface area contributed by atoms with Crippen molar-refractivity contribution in [3.8, 4) is 0 Å². The Morgan fingerprint density at radius 2 is 1.92 bits per heavy atom. The van der Waals surface area contributed by atoms with E-state index in [1.165, 1.54) is 27.6 Å². The second kappa shape index (κ2) is 6.90. The maximum Gasteiger partial charge on any atom is 0.0459 e. The maximum absolute atomic E-state index is 3.60. The summed E-state index contributed by atoms with van der Waals surface area (Å²) in [6.07, 6.45) is 11.0. The zero-order chi connectivity index (χ0) is 16.2. The van der Waals surface area contributed by atoms with E-state index < -0.39 is 0 Å². The fraction of sp³-hybridized carbons (Fsp3) is 0.182. The molecule has 0 radical (unpaired) electrons. The van der Waals surface area contributed by atoms with Crippen LogP contribution in [0.5, 0.6) is 0 Å². The van der Waals surface area contributed by atoms with Crippen LogP contribution in [0, 0.1) is 0 Å². The van der Waals surface area contributed by atoms with Gasteiger partial charge in [-0.15, -0.1) is 0 Å². The first kappa shape index (κ1) is 15.0. The summed E-state index contributed by atoms with van der Waals surface area (Å²) in [5.74, 6) is 0. The molecule has 3 aromatic rings. The van der Waals surface area contributed by atoms with E-state index in [4.69, 9.17) is 0 Å². The number of rotatable bonds is 4. The predicted octanol–water partition coefficient (Wildman–Crippen LogP) is 5.02. The molecule has 0 aliphatic carbocycles. The molecule has 2 N–H and O–H groups in total. The molecule has 0 spiro atoms. The van der Waals surface area contributed by atoms with Crippen LogP contribution in [0.15, 0.2) is 72.9 Å². The Morgan fingerprint density at radius 1 is 1.00 bits per heavy atom. The van der Waals surface area contributed by atoms with Crippen molar-refractivity contribution in [3.05, 3.63) is 84.1 Å². The molecule has 2 aromatic carbocycles. The third-order valence-electron chi connectivity index (χ3n) is 4.71. The van der Waals surface area contributed by atoms with E-state index in [1.54, 1.807) is 0 Å². The van der Waals surface area contributed by atoms with Crippen LogP contribution in [0.25, 0.3) is 22.6 Å². The fourth-order valence-corrected chi connectivity index (χ4v) is 3.44. The zero-order valence-corrected chi connectivity index (χ0v) is 13.7. The zero-order valence-electron chi connectivity index (χ0n) is 13.7. The Kier molecular flexibility index (Phi) is 4.30. The Morgan fingerprint density at radius 3 is 2.83 bits per heavy atom. The van der Waals surface area contributed by atoms with Crippen molar-refractivity contribution < 1.29 is 0 Å². The van der Waals surface area contributed by atoms with E-state index in [0.717, 1.165) is 19.4 Å². The van der Waals surface area contributed by atoms with Crippen LogP contribution in [0.3, 0.4) is 0 Å². The van der Waals surface area contributed by atoms with Gasteiger partial charge in [0.15, 0.2) is 0 Å². The van der Waals surface area contributed by atoms with Crippen molar-refractivity contribution >= 4 is 22.6 Å². The lowest BCUT2D eigenvalue weighted by Crippen LogP contribution is -2.32. The molecule has 1 atom stereocenters. The molecule has 1 aliphatic rings. The number of benzene rings is 2. The SMILES string of the molecule is C(=Cc1cccc2[nH]ccc12)CC1CC(c2ccccc2)=CCN1. The largest absolute Gasteiger partial charge is 0.361 e. The summed E-state index contributed by atoms with van der Waals surface area (Å²) < 4.78 is 0. The first-order valence-corrected chi connectivity index (χ1v) is 8.60. The molecule has 0 amide bonds. The first-order chi connectivity index (χ1) is 11.9. The summed E-state index contributed by atoms with van der Waals surface area (Å²) in [5, 5.41) is 4.89. The molecule has 2 heterocycles. The van der Waals surface area contributed by atoms with Crippen LogP contribution < -0.4 is 5.32 Å². The molecule has 1 aliphatic heterocycles. The molecular weight excluding hydrogens is 292 g/mol. The number of aromatic nitrogens is 1. The topological polar surface area (TPSA) is 27.8 Å². The minimum atomic E-state index is 0.506. The summed E-state index contributed by atoms with van der Waals surface area (Å²) in [5.41, 5.74) is 5.29. The van der Waals surface area contributed by atoms with Crippen LogP contribution in [0.4, 0.5) is 0 Å². The molecule has 120 valence electrons. The molecular formula is C22H22N2. The number of hydrogen-bond donors (Lipinski definition) is 2. The molecule has 2 nitrogen and oxygen atoms in total. The van der Waals surface area contributed by atoms with Gasteiger partial charge >= 0.3 is 0 Å². The number of hydrogen-bond acceptors (Lipinski definition) is 1. The van der Waals surface area contributed by atoms with Gasteiger partial charge in [0, 0.05) is 29.7 Å². The standard InChI is InChI=1S/C22H22N2/c1-2-6-17(7-3-1)19-12-14-23-20(16-19)10-4-8-18-9-5-11-22-21(18)13-15-24-22/h1-9,11-13,15,20,23-24H,10,14,16H2. The average Bonchev–Trinajstić information content (AvgIpc) is 3.12. The van der Waals surface area contributed by atoms with Gasteiger partial charge in [-0.2, -0.15) is 0 Å². The lowest BCUT2D eigenvalue weighted by atomic mass is 9.93. The molecule has 1 aromatic heterocycles. The predicted molar refractivity (Wildman–Crippen MR) is 103 cm³/mol. The second-order valence-electron chi connectivity index (χ2n) is 6.33. The van der Waals surface area contributed by atoms with E-state index >= 15 is 0 Å². The van der Waals surface area contributed by atoms with E-state index in [-0.39, 0.29) is 0 Å². The lowest BCUT2D eigenvalue weighted by molar-refractivity contribution is 0.542. The highest BCUT2D eigenvalue weighted by Gasteiger charge is 2.14. The summed E-state index contributed by atoms with van der Waals surface area (Å²) in [4.78, 5) is 3.27. The molecule has 0 saturated carbocycles. The van der Waals surface area contributed by atoms with Gasteiger partial charge < -0.3 is 10.3 Å². The normalized spacial score (nSPS) is 18.2. The van der Waals surface area contributed by atoms with E-state index in [0.29, 0.717) is 6.04 Å². The quantitative estimate of drug-likeness (QED) is 0.695. The fourth-order valence-electron chi connectivity index (χ4n) is 3.44.